The van der Waals surface area contributed by atoms with Gasteiger partial charge in [0.2, 0.25) is 0 Å². The molecule has 1 aromatic carbocycles. The highest BCUT2D eigenvalue weighted by Crippen LogP contribution is 2.12. The Bertz CT molecular complexity index is 382. The number of benzene rings is 1. The quantitative estimate of drug-likeness (QED) is 0.439. The first-order valence-electron chi connectivity index (χ1n) is 8.36. The third-order valence-corrected chi connectivity index (χ3v) is 3.94. The van der Waals surface area contributed by atoms with Gasteiger partial charge in [0.25, 0.3) is 0 Å². The fraction of sp³-hybridized carbons (Fsp3) is 0.667. The van der Waals surface area contributed by atoms with Crippen molar-refractivity contribution in [1.82, 2.24) is 0 Å². The fourth-order valence-electron chi connectivity index (χ4n) is 2.39. The van der Waals surface area contributed by atoms with Gasteiger partial charge in [-0.15, -0.1) is 0 Å². The number of aryl methyl sites for hydroxylation is 2. The van der Waals surface area contributed by atoms with Crippen LogP contribution in [0.3, 0.4) is 0 Å². The monoisotopic (exact) mass is 306 g/mol. The van der Waals surface area contributed by atoms with Crippen LogP contribution in [0.25, 0.3) is 0 Å². The molecular formula is C18H26O4. The summed E-state index contributed by atoms with van der Waals surface area (Å²) in [6, 6.07) is 8.94. The summed E-state index contributed by atoms with van der Waals surface area (Å²) in [4.78, 5) is 0. The molecule has 4 nitrogen and oxygen atoms in total. The molecule has 2 saturated heterocycles. The Balaban J connectivity index is 1.22. The molecule has 2 aliphatic heterocycles. The molecule has 4 heteroatoms. The van der Waals surface area contributed by atoms with Gasteiger partial charge < -0.3 is 18.9 Å². The molecule has 0 N–H and O–H groups in total. The van der Waals surface area contributed by atoms with Gasteiger partial charge in [-0.1, -0.05) is 24.3 Å². The molecule has 0 radical (unpaired) electrons. The predicted molar refractivity (Wildman–Crippen MR) is 84.2 cm³/mol. The molecule has 0 aromatic heterocycles. The summed E-state index contributed by atoms with van der Waals surface area (Å²) in [6.07, 6.45) is 5.05. The summed E-state index contributed by atoms with van der Waals surface area (Å²) in [5, 5.41) is 0. The van der Waals surface area contributed by atoms with Crippen LogP contribution in [0.15, 0.2) is 24.3 Å². The first-order valence-corrected chi connectivity index (χ1v) is 8.36. The van der Waals surface area contributed by atoms with E-state index in [1.165, 1.54) is 11.1 Å². The summed E-state index contributed by atoms with van der Waals surface area (Å²) in [5.41, 5.74) is 2.77. The first kappa shape index (κ1) is 15.9. The molecule has 0 spiro atoms. The number of ether oxygens (including phenoxy) is 4. The first-order chi connectivity index (χ1) is 10.9. The van der Waals surface area contributed by atoms with Crippen LogP contribution < -0.4 is 0 Å². The summed E-state index contributed by atoms with van der Waals surface area (Å²) in [7, 11) is 0. The second-order valence-electron chi connectivity index (χ2n) is 6.08. The summed E-state index contributed by atoms with van der Waals surface area (Å²) < 4.78 is 21.3. The molecule has 3 rings (SSSR count). The van der Waals surface area contributed by atoms with Crippen LogP contribution >= 0.6 is 0 Å². The largest absolute Gasteiger partial charge is 0.379 e. The van der Waals surface area contributed by atoms with E-state index in [4.69, 9.17) is 18.9 Å². The van der Waals surface area contributed by atoms with Crippen LogP contribution in [-0.2, 0) is 31.8 Å². The summed E-state index contributed by atoms with van der Waals surface area (Å²) >= 11 is 0. The molecular weight excluding hydrogens is 280 g/mol. The Hall–Kier alpha value is -0.940. The Morgan fingerprint density at radius 3 is 1.55 bits per heavy atom. The highest BCUT2D eigenvalue weighted by Gasteiger charge is 2.22. The van der Waals surface area contributed by atoms with Crippen molar-refractivity contribution in [1.29, 1.82) is 0 Å². The maximum Gasteiger partial charge on any atom is 0.104 e. The van der Waals surface area contributed by atoms with Gasteiger partial charge in [0.1, 0.15) is 12.2 Å². The average Bonchev–Trinajstić information content (AvgIpc) is 3.43. The second-order valence-corrected chi connectivity index (χ2v) is 6.08. The minimum atomic E-state index is 0.375. The molecule has 2 aliphatic rings. The van der Waals surface area contributed by atoms with E-state index in [9.17, 15) is 0 Å². The smallest absolute Gasteiger partial charge is 0.104 e. The minimum absolute atomic E-state index is 0.375. The van der Waals surface area contributed by atoms with Crippen molar-refractivity contribution < 1.29 is 18.9 Å². The Morgan fingerprint density at radius 1 is 0.773 bits per heavy atom. The van der Waals surface area contributed by atoms with Gasteiger partial charge in [0, 0.05) is 13.2 Å². The zero-order valence-electron chi connectivity index (χ0n) is 13.2. The van der Waals surface area contributed by atoms with Gasteiger partial charge in [-0.05, 0) is 36.8 Å². The molecule has 122 valence electrons. The highest BCUT2D eigenvalue weighted by atomic mass is 16.6. The highest BCUT2D eigenvalue weighted by molar-refractivity contribution is 5.22. The second kappa shape index (κ2) is 8.63. The van der Waals surface area contributed by atoms with Gasteiger partial charge in [-0.25, -0.2) is 0 Å². The van der Waals surface area contributed by atoms with Crippen molar-refractivity contribution in [2.24, 2.45) is 0 Å². The van der Waals surface area contributed by atoms with Gasteiger partial charge in [-0.3, -0.25) is 0 Å². The summed E-state index contributed by atoms with van der Waals surface area (Å²) in [6.45, 7) is 4.91. The molecule has 2 heterocycles. The Labute approximate surface area is 132 Å². The van der Waals surface area contributed by atoms with E-state index < -0.39 is 0 Å². The van der Waals surface area contributed by atoms with E-state index in [1.54, 1.807) is 0 Å². The zero-order valence-corrected chi connectivity index (χ0v) is 13.2. The average molecular weight is 306 g/mol. The topological polar surface area (TPSA) is 43.5 Å². The van der Waals surface area contributed by atoms with Crippen molar-refractivity contribution in [2.75, 3.05) is 39.6 Å². The lowest BCUT2D eigenvalue weighted by Crippen LogP contribution is -2.04. The number of hydrogen-bond donors (Lipinski definition) is 0. The molecule has 22 heavy (non-hydrogen) atoms. The van der Waals surface area contributed by atoms with E-state index >= 15 is 0 Å². The Kier molecular flexibility index (Phi) is 6.25. The third kappa shape index (κ3) is 6.44. The lowest BCUT2D eigenvalue weighted by molar-refractivity contribution is 0.114. The molecule has 0 aliphatic carbocycles. The molecule has 2 atom stereocenters. The van der Waals surface area contributed by atoms with Crippen LogP contribution in [0.4, 0.5) is 0 Å². The van der Waals surface area contributed by atoms with Gasteiger partial charge in [0.05, 0.1) is 26.4 Å². The molecule has 2 unspecified atom stereocenters. The minimum Gasteiger partial charge on any atom is -0.379 e. The van der Waals surface area contributed by atoms with Crippen molar-refractivity contribution in [3.05, 3.63) is 35.4 Å². The fourth-order valence-corrected chi connectivity index (χ4v) is 2.39. The third-order valence-electron chi connectivity index (χ3n) is 3.94. The van der Waals surface area contributed by atoms with E-state index in [0.717, 1.165) is 65.3 Å². The SMILES string of the molecule is c1cc(CCCOCC2CO2)ccc1CCCOCC1CO1. The van der Waals surface area contributed by atoms with Crippen molar-refractivity contribution in [3.63, 3.8) is 0 Å². The van der Waals surface area contributed by atoms with Gasteiger partial charge >= 0.3 is 0 Å². The van der Waals surface area contributed by atoms with Crippen LogP contribution in [0, 0.1) is 0 Å². The van der Waals surface area contributed by atoms with Crippen molar-refractivity contribution in [3.8, 4) is 0 Å². The van der Waals surface area contributed by atoms with Crippen molar-refractivity contribution >= 4 is 0 Å². The van der Waals surface area contributed by atoms with Crippen LogP contribution in [-0.4, -0.2) is 51.8 Å². The van der Waals surface area contributed by atoms with Crippen LogP contribution in [0.1, 0.15) is 24.0 Å². The maximum atomic E-state index is 5.55. The predicted octanol–water partition coefficient (Wildman–Crippen LogP) is 2.38. The maximum absolute atomic E-state index is 5.55. The van der Waals surface area contributed by atoms with E-state index in [2.05, 4.69) is 24.3 Å². The molecule has 1 aromatic rings. The molecule has 0 amide bonds. The van der Waals surface area contributed by atoms with Crippen molar-refractivity contribution in [2.45, 2.75) is 37.9 Å². The van der Waals surface area contributed by atoms with E-state index in [0.29, 0.717) is 12.2 Å². The molecule has 0 saturated carbocycles. The number of rotatable bonds is 12. The Morgan fingerprint density at radius 2 is 1.18 bits per heavy atom. The number of epoxide rings is 2. The zero-order chi connectivity index (χ0) is 15.0. The normalized spacial score (nSPS) is 22.7. The standard InChI is InChI=1S/C18H26O4/c1(9-19-11-17-13-21-17)3-15-5-7-16(8-6-15)4-2-10-20-12-18-14-22-18/h5-8,17-18H,1-4,9-14H2. The van der Waals surface area contributed by atoms with E-state index in [-0.39, 0.29) is 0 Å². The van der Waals surface area contributed by atoms with Crippen LogP contribution in [0.2, 0.25) is 0 Å². The van der Waals surface area contributed by atoms with Gasteiger partial charge in [0.15, 0.2) is 0 Å². The van der Waals surface area contributed by atoms with E-state index in [1.807, 2.05) is 0 Å². The summed E-state index contributed by atoms with van der Waals surface area (Å²) in [5.74, 6) is 0. The van der Waals surface area contributed by atoms with Crippen LogP contribution in [0.5, 0.6) is 0 Å². The van der Waals surface area contributed by atoms with Gasteiger partial charge in [-0.2, -0.15) is 0 Å². The molecule has 2 fully saturated rings. The number of hydrogen-bond acceptors (Lipinski definition) is 4. The lowest BCUT2D eigenvalue weighted by atomic mass is 10.0. The lowest BCUT2D eigenvalue weighted by Gasteiger charge is -2.06. The molecule has 0 bridgehead atoms.